The van der Waals surface area contributed by atoms with Crippen molar-refractivity contribution in [3.63, 3.8) is 0 Å². The second-order valence-corrected chi connectivity index (χ2v) is 13.4. The Hall–Kier alpha value is -2.00. The minimum absolute atomic E-state index is 0.123. The fourth-order valence-electron chi connectivity index (χ4n) is 3.85. The number of halogens is 3. The summed E-state index contributed by atoms with van der Waals surface area (Å²) in [5, 5.41) is 0. The number of carbonyl (C=O) groups is 1. The molecule has 31 heavy (non-hydrogen) atoms. The SMILES string of the molecule is CC1(C)O[C@@H](C(O[Si](C)(C)C)(c2ccccc2)C(F)(F)F)[C@H](C(=O)c2ccccc2)O1. The van der Waals surface area contributed by atoms with E-state index in [9.17, 15) is 18.0 Å². The van der Waals surface area contributed by atoms with Gasteiger partial charge in [0.25, 0.3) is 0 Å². The van der Waals surface area contributed by atoms with E-state index in [0.717, 1.165) is 0 Å². The highest BCUT2D eigenvalue weighted by Gasteiger charge is 2.69. The van der Waals surface area contributed by atoms with E-state index in [-0.39, 0.29) is 11.1 Å². The molecule has 1 fully saturated rings. The molecule has 2 aromatic rings. The molecular weight excluding hydrogens is 425 g/mol. The van der Waals surface area contributed by atoms with E-state index < -0.39 is 43.9 Å². The summed E-state index contributed by atoms with van der Waals surface area (Å²) in [5.74, 6) is -1.99. The maximum absolute atomic E-state index is 15.0. The molecule has 1 saturated heterocycles. The van der Waals surface area contributed by atoms with E-state index in [0.29, 0.717) is 0 Å². The molecule has 0 radical (unpaired) electrons. The van der Waals surface area contributed by atoms with Gasteiger partial charge in [0, 0.05) is 5.56 Å². The molecule has 0 amide bonds. The monoisotopic (exact) mass is 452 g/mol. The first kappa shape index (κ1) is 23.7. The van der Waals surface area contributed by atoms with Gasteiger partial charge in [-0.05, 0) is 39.1 Å². The maximum atomic E-state index is 15.0. The van der Waals surface area contributed by atoms with Crippen LogP contribution in [-0.2, 0) is 19.5 Å². The Kier molecular flexibility index (Phi) is 6.23. The quantitative estimate of drug-likeness (QED) is 0.417. The molecule has 2 aromatic carbocycles. The van der Waals surface area contributed by atoms with Gasteiger partial charge in [-0.3, -0.25) is 4.79 Å². The number of Topliss-reactive ketones (excluding diaryl/α,β-unsaturated/α-hetero) is 1. The summed E-state index contributed by atoms with van der Waals surface area (Å²) < 4.78 is 62.5. The Morgan fingerprint density at radius 2 is 1.45 bits per heavy atom. The van der Waals surface area contributed by atoms with Crippen LogP contribution in [0, 0.1) is 0 Å². The second kappa shape index (κ2) is 8.16. The van der Waals surface area contributed by atoms with Crippen molar-refractivity contribution in [3.05, 3.63) is 71.8 Å². The number of alkyl halides is 3. The lowest BCUT2D eigenvalue weighted by Crippen LogP contribution is -2.61. The van der Waals surface area contributed by atoms with Crippen LogP contribution < -0.4 is 0 Å². The van der Waals surface area contributed by atoms with Crippen molar-refractivity contribution in [1.29, 1.82) is 0 Å². The van der Waals surface area contributed by atoms with Gasteiger partial charge in [0.05, 0.1) is 0 Å². The highest BCUT2D eigenvalue weighted by molar-refractivity contribution is 6.69. The molecule has 168 valence electrons. The van der Waals surface area contributed by atoms with Gasteiger partial charge in [-0.2, -0.15) is 13.2 Å². The molecule has 8 heteroatoms. The molecule has 0 bridgehead atoms. The van der Waals surface area contributed by atoms with E-state index in [4.69, 9.17) is 13.9 Å². The number of hydrogen-bond acceptors (Lipinski definition) is 4. The normalized spacial score (nSPS) is 23.4. The minimum Gasteiger partial charge on any atom is -0.398 e. The third-order valence-electron chi connectivity index (χ3n) is 4.90. The molecule has 0 aliphatic carbocycles. The summed E-state index contributed by atoms with van der Waals surface area (Å²) in [6.45, 7) is 8.01. The zero-order valence-corrected chi connectivity index (χ0v) is 19.2. The summed E-state index contributed by atoms with van der Waals surface area (Å²) in [6.07, 6.45) is -8.11. The molecule has 1 aliphatic heterocycles. The largest absolute Gasteiger partial charge is 0.423 e. The standard InChI is InChI=1S/C23H27F3O4Si/c1-21(2)28-19(18(27)16-12-8-6-9-13-16)20(29-21)22(23(24,25)26,30-31(3,4)5)17-14-10-7-11-15-17/h6-15,19-20H,1-5H3/t19-,20+,22?/m0/s1. The average Bonchev–Trinajstić information content (AvgIpc) is 3.01. The van der Waals surface area contributed by atoms with Gasteiger partial charge in [0.15, 0.2) is 26.0 Å². The number of hydrogen-bond donors (Lipinski definition) is 0. The topological polar surface area (TPSA) is 44.8 Å². The Balaban J connectivity index is 2.23. The first-order valence-electron chi connectivity index (χ1n) is 10.0. The summed E-state index contributed by atoms with van der Waals surface area (Å²) in [7, 11) is -2.81. The van der Waals surface area contributed by atoms with Crippen LogP contribution in [0.5, 0.6) is 0 Å². The highest BCUT2D eigenvalue weighted by atomic mass is 28.4. The van der Waals surface area contributed by atoms with Gasteiger partial charge in [-0.15, -0.1) is 0 Å². The van der Waals surface area contributed by atoms with E-state index in [1.54, 1.807) is 56.0 Å². The molecule has 0 N–H and O–H groups in total. The van der Waals surface area contributed by atoms with Crippen LogP contribution in [0.3, 0.4) is 0 Å². The fourth-order valence-corrected chi connectivity index (χ4v) is 5.17. The number of ether oxygens (including phenoxy) is 2. The molecular formula is C23H27F3O4Si. The molecule has 0 aromatic heterocycles. The third-order valence-corrected chi connectivity index (χ3v) is 5.84. The van der Waals surface area contributed by atoms with Crippen molar-refractivity contribution < 1.29 is 31.9 Å². The van der Waals surface area contributed by atoms with Crippen molar-refractivity contribution in [3.8, 4) is 0 Å². The lowest BCUT2D eigenvalue weighted by Gasteiger charge is -2.45. The zero-order chi connectivity index (χ0) is 23.1. The number of benzene rings is 2. The lowest BCUT2D eigenvalue weighted by atomic mass is 9.82. The summed E-state index contributed by atoms with van der Waals surface area (Å²) in [6, 6.07) is 15.5. The number of carbonyl (C=O) groups excluding carboxylic acids is 1. The Morgan fingerprint density at radius 3 is 1.94 bits per heavy atom. The van der Waals surface area contributed by atoms with Crippen LogP contribution in [0.15, 0.2) is 60.7 Å². The summed E-state index contributed by atoms with van der Waals surface area (Å²) in [4.78, 5) is 13.3. The van der Waals surface area contributed by atoms with Crippen LogP contribution in [-0.4, -0.2) is 38.3 Å². The Morgan fingerprint density at radius 1 is 0.935 bits per heavy atom. The van der Waals surface area contributed by atoms with Gasteiger partial charge >= 0.3 is 6.18 Å². The smallest absolute Gasteiger partial charge is 0.398 e. The van der Waals surface area contributed by atoms with E-state index in [2.05, 4.69) is 0 Å². The van der Waals surface area contributed by atoms with Crippen LogP contribution in [0.1, 0.15) is 29.8 Å². The van der Waals surface area contributed by atoms with Gasteiger partial charge in [0.1, 0.15) is 6.10 Å². The predicted molar refractivity (Wildman–Crippen MR) is 113 cm³/mol. The molecule has 1 unspecified atom stereocenters. The van der Waals surface area contributed by atoms with E-state index in [1.807, 2.05) is 0 Å². The zero-order valence-electron chi connectivity index (χ0n) is 18.2. The molecule has 3 rings (SSSR count). The van der Waals surface area contributed by atoms with Crippen molar-refractivity contribution in [2.75, 3.05) is 0 Å². The molecule has 0 spiro atoms. The van der Waals surface area contributed by atoms with Gasteiger partial charge in [-0.25, -0.2) is 0 Å². The van der Waals surface area contributed by atoms with Crippen LogP contribution in [0.2, 0.25) is 19.6 Å². The number of ketones is 1. The van der Waals surface area contributed by atoms with Gasteiger partial charge < -0.3 is 13.9 Å². The second-order valence-electron chi connectivity index (χ2n) is 9.02. The average molecular weight is 453 g/mol. The van der Waals surface area contributed by atoms with E-state index >= 15 is 0 Å². The summed E-state index contributed by atoms with van der Waals surface area (Å²) >= 11 is 0. The first-order valence-corrected chi connectivity index (χ1v) is 13.4. The minimum atomic E-state index is -4.88. The Bertz CT molecular complexity index is 910. The lowest BCUT2D eigenvalue weighted by molar-refractivity contribution is -0.297. The molecule has 3 atom stereocenters. The molecule has 1 aliphatic rings. The van der Waals surface area contributed by atoms with Crippen LogP contribution in [0.4, 0.5) is 13.2 Å². The van der Waals surface area contributed by atoms with E-state index in [1.165, 1.54) is 38.1 Å². The van der Waals surface area contributed by atoms with Gasteiger partial charge in [0.2, 0.25) is 5.60 Å². The van der Waals surface area contributed by atoms with Crippen molar-refractivity contribution in [2.24, 2.45) is 0 Å². The summed E-state index contributed by atoms with van der Waals surface area (Å²) in [5.41, 5.74) is -2.75. The first-order chi connectivity index (χ1) is 14.3. The van der Waals surface area contributed by atoms with Crippen LogP contribution >= 0.6 is 0 Å². The molecule has 4 nitrogen and oxygen atoms in total. The number of rotatable bonds is 6. The van der Waals surface area contributed by atoms with Crippen molar-refractivity contribution in [2.45, 2.75) is 63.3 Å². The predicted octanol–water partition coefficient (Wildman–Crippen LogP) is 5.70. The highest BCUT2D eigenvalue weighted by Crippen LogP contribution is 2.52. The van der Waals surface area contributed by atoms with Crippen LogP contribution in [0.25, 0.3) is 0 Å². The third kappa shape index (κ3) is 4.77. The maximum Gasteiger partial charge on any atom is 0.423 e. The van der Waals surface area contributed by atoms with Crippen molar-refractivity contribution in [1.82, 2.24) is 0 Å². The fraction of sp³-hybridized carbons (Fsp3) is 0.435. The molecule has 1 heterocycles. The van der Waals surface area contributed by atoms with Crippen molar-refractivity contribution >= 4 is 14.1 Å². The Labute approximate surface area is 181 Å². The molecule has 0 saturated carbocycles. The van der Waals surface area contributed by atoms with Gasteiger partial charge in [-0.1, -0.05) is 60.7 Å².